The Labute approximate surface area is 492 Å². The summed E-state index contributed by atoms with van der Waals surface area (Å²) >= 11 is 0. The van der Waals surface area contributed by atoms with Crippen molar-refractivity contribution < 1.29 is 0 Å². The average Bonchev–Trinajstić information content (AvgIpc) is 3.32. The number of benzene rings is 4. The van der Waals surface area contributed by atoms with E-state index in [9.17, 15) is 0 Å². The molecule has 0 atom stereocenters. The molecule has 3 aromatic heterocycles. The number of nitrogens with two attached hydrogens (primary N) is 2. The first-order valence-electron chi connectivity index (χ1n) is 29.9. The molecule has 0 saturated heterocycles. The highest BCUT2D eigenvalue weighted by atomic mass is 14.9. The predicted molar refractivity (Wildman–Crippen MR) is 356 cm³/mol. The zero-order valence-electron chi connectivity index (χ0n) is 54.4. The quantitative estimate of drug-likeness (QED) is 0.141. The highest BCUT2D eigenvalue weighted by Gasteiger charge is 2.31. The van der Waals surface area contributed by atoms with Gasteiger partial charge in [0.1, 0.15) is 0 Å². The van der Waals surface area contributed by atoms with Crippen molar-refractivity contribution in [1.29, 1.82) is 0 Å². The van der Waals surface area contributed by atoms with Gasteiger partial charge in [-0.05, 0) is 146 Å². The second kappa shape index (κ2) is 19.9. The maximum Gasteiger partial charge on any atom is 0.0988 e. The summed E-state index contributed by atoms with van der Waals surface area (Å²) in [5.41, 5.74) is 39.6. The molecule has 0 amide bonds. The molecule has 6 nitrogen and oxygen atoms in total. The summed E-state index contributed by atoms with van der Waals surface area (Å²) in [7, 11) is 0. The fraction of sp³-hybridized carbons (Fsp3) is 0.421. The maximum absolute atomic E-state index is 7.62. The van der Waals surface area contributed by atoms with Crippen molar-refractivity contribution in [2.24, 2.45) is 11.5 Å². The van der Waals surface area contributed by atoms with Crippen LogP contribution in [-0.4, -0.2) is 19.9 Å². The van der Waals surface area contributed by atoms with Crippen molar-refractivity contribution in [3.8, 4) is 44.5 Å². The van der Waals surface area contributed by atoms with Crippen LogP contribution in [0.15, 0.2) is 97.1 Å². The molecule has 8 bridgehead atoms. The summed E-state index contributed by atoms with van der Waals surface area (Å²) in [6.45, 7) is 55.1. The summed E-state index contributed by atoms with van der Waals surface area (Å²) in [5.74, 6) is 0. The molecule has 6 N–H and O–H groups in total. The van der Waals surface area contributed by atoms with E-state index in [2.05, 4.69) is 285 Å². The van der Waals surface area contributed by atoms with E-state index in [1.807, 2.05) is 0 Å². The molecule has 0 saturated carbocycles. The Hall–Kier alpha value is -6.92. The largest absolute Gasteiger partial charge is 0.395 e. The minimum atomic E-state index is -0.163. The van der Waals surface area contributed by atoms with Crippen LogP contribution >= 0.6 is 0 Å². The Bertz CT molecular complexity index is 3550. The monoisotopic (exact) mass is 1090 g/mol. The van der Waals surface area contributed by atoms with Gasteiger partial charge < -0.3 is 21.4 Å². The second-order valence-electron chi connectivity index (χ2n) is 32.1. The molecule has 2 aliphatic heterocycles. The Morgan fingerprint density at radius 2 is 0.463 bits per heavy atom. The molecular formula is C76H96N6. The van der Waals surface area contributed by atoms with Crippen molar-refractivity contribution in [3.63, 3.8) is 0 Å². The number of rotatable bonds is 4. The Balaban J connectivity index is 1.60. The lowest BCUT2D eigenvalue weighted by Gasteiger charge is -2.26. The van der Waals surface area contributed by atoms with E-state index in [-0.39, 0.29) is 43.3 Å². The first kappa shape index (κ1) is 59.7. The van der Waals surface area contributed by atoms with Crippen LogP contribution in [0.5, 0.6) is 0 Å². The van der Waals surface area contributed by atoms with E-state index in [1.165, 1.54) is 44.5 Å². The summed E-state index contributed by atoms with van der Waals surface area (Å²) in [4.78, 5) is 19.8. The van der Waals surface area contributed by atoms with Gasteiger partial charge in [0, 0.05) is 44.3 Å². The standard InChI is InChI=1S/C76H96N6/c1-69(2,3)47-31-43(32-48(39-47)70(4,5)6)61-55-25-26-56(79-55)62(44-33-49(71(7,8)9)40-50(34-44)72(10,11)12)58-28-30-60(81-58)64(46-37-53(75(19,20)21)42-54(38-46)76(22,23)24)68-66(78)65(77)67(82-68)63(59-29-27-57(61)80-59)45-35-51(73(13,14)15)41-52(36-45)74(16,17)18/h25-42,80-81H,77-78H2,1-24H3. The number of aromatic nitrogens is 4. The molecular weight excluding hydrogens is 997 g/mol. The third-order valence-electron chi connectivity index (χ3n) is 16.9. The highest BCUT2D eigenvalue weighted by Crippen LogP contribution is 2.46. The number of nitrogens with one attached hydrogen (secondary N) is 2. The van der Waals surface area contributed by atoms with Crippen LogP contribution in [0.1, 0.15) is 233 Å². The zero-order chi connectivity index (χ0) is 60.6. The van der Waals surface area contributed by atoms with Gasteiger partial charge in [-0.3, -0.25) is 0 Å². The Morgan fingerprint density at radius 3 is 0.671 bits per heavy atom. The zero-order valence-corrected chi connectivity index (χ0v) is 54.4. The third kappa shape index (κ3) is 11.7. The molecule has 2 aliphatic rings. The summed E-state index contributed by atoms with van der Waals surface area (Å²) in [5, 5.41) is 0. The topological polar surface area (TPSA) is 109 Å². The van der Waals surface area contributed by atoms with E-state index < -0.39 is 0 Å². The van der Waals surface area contributed by atoms with E-state index in [1.54, 1.807) is 0 Å². The Morgan fingerprint density at radius 1 is 0.268 bits per heavy atom. The van der Waals surface area contributed by atoms with Crippen molar-refractivity contribution in [2.45, 2.75) is 209 Å². The third-order valence-corrected chi connectivity index (χ3v) is 16.9. The number of fused-ring (bicyclic) bond motifs is 8. The van der Waals surface area contributed by atoms with E-state index in [4.69, 9.17) is 21.4 Å². The fourth-order valence-electron chi connectivity index (χ4n) is 11.2. The molecule has 4 aromatic carbocycles. The van der Waals surface area contributed by atoms with Crippen molar-refractivity contribution in [1.82, 2.24) is 19.9 Å². The lowest BCUT2D eigenvalue weighted by Crippen LogP contribution is -2.16. The molecule has 0 aliphatic carbocycles. The van der Waals surface area contributed by atoms with Gasteiger partial charge in [-0.1, -0.05) is 239 Å². The van der Waals surface area contributed by atoms with Crippen LogP contribution < -0.4 is 11.5 Å². The first-order chi connectivity index (χ1) is 37.5. The average molecular weight is 1090 g/mol. The molecule has 0 radical (unpaired) electrons. The molecule has 430 valence electrons. The molecule has 5 heterocycles. The van der Waals surface area contributed by atoms with Crippen molar-refractivity contribution >= 4 is 45.6 Å². The van der Waals surface area contributed by atoms with E-state index in [0.717, 1.165) is 78.0 Å². The summed E-state index contributed by atoms with van der Waals surface area (Å²) in [6.07, 6.45) is 4.46. The highest BCUT2D eigenvalue weighted by molar-refractivity contribution is 6.04. The van der Waals surface area contributed by atoms with Crippen LogP contribution in [0.25, 0.3) is 90.1 Å². The normalized spacial score (nSPS) is 14.1. The van der Waals surface area contributed by atoms with Gasteiger partial charge >= 0.3 is 0 Å². The SMILES string of the molecule is CC(C)(C)c1cc(-c2c3nc(c(-c4cc(C(C)(C)C)cc(C(C)(C)C)c4)c4ccc([nH]4)c(-c4cc(C(C)(C)C)cc(C(C)(C)C)c4)c4nc(c(-c5cc(C(C)(C)C)cc(C(C)(C)C)c5)c5ccc2[nH]5)C(N)=C4N)C=C3)cc(C(C)(C)C)c1. The van der Waals surface area contributed by atoms with Gasteiger partial charge in [-0.2, -0.15) is 0 Å². The number of H-pyrrole nitrogens is 2. The number of nitrogens with zero attached hydrogens (tertiary/aromatic N) is 2. The van der Waals surface area contributed by atoms with E-state index >= 15 is 0 Å². The van der Waals surface area contributed by atoms with Gasteiger partial charge in [0.2, 0.25) is 0 Å². The predicted octanol–water partition coefficient (Wildman–Crippen LogP) is 20.3. The summed E-state index contributed by atoms with van der Waals surface area (Å²) < 4.78 is 0. The Kier molecular flexibility index (Phi) is 14.5. The minimum absolute atomic E-state index is 0.129. The molecule has 82 heavy (non-hydrogen) atoms. The molecule has 6 heteroatoms. The van der Waals surface area contributed by atoms with Gasteiger partial charge in [-0.15, -0.1) is 0 Å². The van der Waals surface area contributed by atoms with Gasteiger partial charge in [0.15, 0.2) is 0 Å². The van der Waals surface area contributed by atoms with Crippen LogP contribution in [0.3, 0.4) is 0 Å². The molecule has 0 unspecified atom stereocenters. The fourth-order valence-corrected chi connectivity index (χ4v) is 11.2. The van der Waals surface area contributed by atoms with Crippen LogP contribution in [0, 0.1) is 0 Å². The smallest absolute Gasteiger partial charge is 0.0988 e. The molecule has 0 spiro atoms. The molecule has 7 aromatic rings. The van der Waals surface area contributed by atoms with Crippen molar-refractivity contribution in [2.75, 3.05) is 0 Å². The van der Waals surface area contributed by atoms with E-state index in [0.29, 0.717) is 22.8 Å². The molecule has 9 rings (SSSR count). The van der Waals surface area contributed by atoms with Crippen LogP contribution in [-0.2, 0) is 43.3 Å². The number of aromatic amines is 2. The number of hydrogen-bond acceptors (Lipinski definition) is 4. The molecule has 0 fully saturated rings. The van der Waals surface area contributed by atoms with Gasteiger partial charge in [-0.25, -0.2) is 9.97 Å². The van der Waals surface area contributed by atoms with Crippen LogP contribution in [0.4, 0.5) is 0 Å². The first-order valence-corrected chi connectivity index (χ1v) is 29.9. The summed E-state index contributed by atoms with van der Waals surface area (Å²) in [6, 6.07) is 37.3. The van der Waals surface area contributed by atoms with Gasteiger partial charge in [0.05, 0.1) is 34.2 Å². The number of hydrogen-bond donors (Lipinski definition) is 4. The lowest BCUT2D eigenvalue weighted by molar-refractivity contribution is 0.568. The lowest BCUT2D eigenvalue weighted by atomic mass is 9.78. The minimum Gasteiger partial charge on any atom is -0.395 e. The van der Waals surface area contributed by atoms with Crippen molar-refractivity contribution in [3.05, 3.63) is 164 Å². The second-order valence-corrected chi connectivity index (χ2v) is 32.1. The van der Waals surface area contributed by atoms with Crippen LogP contribution in [0.2, 0.25) is 0 Å². The maximum atomic E-state index is 7.62. The van der Waals surface area contributed by atoms with Gasteiger partial charge in [0.25, 0.3) is 0 Å².